The number of carbonyl (C=O) groups is 1. The maximum absolute atomic E-state index is 12.8. The molecule has 1 aliphatic rings. The van der Waals surface area contributed by atoms with Gasteiger partial charge in [-0.25, -0.2) is 0 Å². The first kappa shape index (κ1) is 28.2. The monoisotopic (exact) mass is 522 g/mol. The number of ether oxygens (including phenoxy) is 4. The smallest absolute Gasteiger partial charge is 0.220 e. The molecule has 0 aromatic heterocycles. The van der Waals surface area contributed by atoms with E-state index in [4.69, 9.17) is 24.7 Å². The van der Waals surface area contributed by atoms with Crippen molar-refractivity contribution in [2.45, 2.75) is 56.5 Å². The molecule has 38 heavy (non-hydrogen) atoms. The summed E-state index contributed by atoms with van der Waals surface area (Å²) in [7, 11) is 1.55. The van der Waals surface area contributed by atoms with E-state index in [0.717, 1.165) is 21.9 Å². The largest absolute Gasteiger partial charge is 0.388 e. The van der Waals surface area contributed by atoms with Gasteiger partial charge in [0.2, 0.25) is 5.91 Å². The van der Waals surface area contributed by atoms with Gasteiger partial charge in [0, 0.05) is 13.5 Å². The molecule has 4 N–H and O–H groups in total. The lowest BCUT2D eigenvalue weighted by Gasteiger charge is -2.44. The van der Waals surface area contributed by atoms with E-state index >= 15 is 0 Å². The van der Waals surface area contributed by atoms with Crippen molar-refractivity contribution < 1.29 is 28.8 Å². The summed E-state index contributed by atoms with van der Waals surface area (Å²) in [5, 5.41) is 16.5. The zero-order valence-corrected chi connectivity index (χ0v) is 21.8. The number of fused-ring (bicyclic) bond motifs is 1. The second-order valence-electron chi connectivity index (χ2n) is 9.54. The summed E-state index contributed by atoms with van der Waals surface area (Å²) < 4.78 is 23.9. The zero-order valence-electron chi connectivity index (χ0n) is 21.8. The van der Waals surface area contributed by atoms with Crippen molar-refractivity contribution in [2.75, 3.05) is 26.9 Å². The van der Waals surface area contributed by atoms with Gasteiger partial charge in [-0.05, 0) is 47.4 Å². The number of hydrogen-bond donors (Lipinski definition) is 3. The highest BCUT2D eigenvalue weighted by molar-refractivity contribution is 5.83. The topological polar surface area (TPSA) is 112 Å². The van der Waals surface area contributed by atoms with Crippen LogP contribution in [0.5, 0.6) is 0 Å². The standard InChI is InChI=1S/C30H38N2O6/c1-35-20-25-28(34)29(37-19-22-13-14-23-10-5-6-11-24(23)18-22)27(32-26(33)12-7-16-31)30(38-25)36-17-15-21-8-3-2-4-9-21/h2-6,8-11,13-14,18,25,27-30,34H,7,12,15-17,19-20,31H2,1H3,(H,32,33)/t25-,27-,28-,29-,30-/m1/s1. The average Bonchev–Trinajstić information content (AvgIpc) is 2.94. The first-order valence-electron chi connectivity index (χ1n) is 13.2. The Morgan fingerprint density at radius 2 is 1.76 bits per heavy atom. The minimum Gasteiger partial charge on any atom is -0.388 e. The molecule has 5 atom stereocenters. The molecule has 3 aromatic carbocycles. The summed E-state index contributed by atoms with van der Waals surface area (Å²) in [6.45, 7) is 1.19. The number of benzene rings is 3. The number of aliphatic hydroxyl groups excluding tert-OH is 1. The Morgan fingerprint density at radius 3 is 2.53 bits per heavy atom. The van der Waals surface area contributed by atoms with Crippen molar-refractivity contribution in [1.29, 1.82) is 0 Å². The molecule has 1 aliphatic heterocycles. The number of methoxy groups -OCH3 is 1. The van der Waals surface area contributed by atoms with E-state index in [2.05, 4.69) is 17.4 Å². The predicted octanol–water partition coefficient (Wildman–Crippen LogP) is 2.94. The molecule has 1 fully saturated rings. The average molecular weight is 523 g/mol. The molecule has 3 aromatic rings. The van der Waals surface area contributed by atoms with E-state index in [9.17, 15) is 9.90 Å². The van der Waals surface area contributed by atoms with Gasteiger partial charge in [0.1, 0.15) is 24.4 Å². The maximum Gasteiger partial charge on any atom is 0.220 e. The molecule has 8 nitrogen and oxygen atoms in total. The van der Waals surface area contributed by atoms with Crippen LogP contribution in [0.1, 0.15) is 24.0 Å². The fourth-order valence-electron chi connectivity index (χ4n) is 4.69. The quantitative estimate of drug-likeness (QED) is 0.316. The first-order valence-corrected chi connectivity index (χ1v) is 13.2. The van der Waals surface area contributed by atoms with E-state index in [-0.39, 0.29) is 25.5 Å². The second-order valence-corrected chi connectivity index (χ2v) is 9.54. The van der Waals surface area contributed by atoms with Crippen LogP contribution >= 0.6 is 0 Å². The molecule has 0 unspecified atom stereocenters. The molecular formula is C30H38N2O6. The van der Waals surface area contributed by atoms with Gasteiger partial charge in [-0.3, -0.25) is 4.79 Å². The molecule has 0 saturated carbocycles. The lowest BCUT2D eigenvalue weighted by Crippen LogP contribution is -2.65. The van der Waals surface area contributed by atoms with E-state index < -0.39 is 30.6 Å². The number of aliphatic hydroxyl groups is 1. The number of carbonyl (C=O) groups excluding carboxylic acids is 1. The number of hydrogen-bond acceptors (Lipinski definition) is 7. The van der Waals surface area contributed by atoms with Gasteiger partial charge in [0.15, 0.2) is 6.29 Å². The Labute approximate surface area is 224 Å². The van der Waals surface area contributed by atoms with Crippen molar-refractivity contribution in [2.24, 2.45) is 5.73 Å². The minimum absolute atomic E-state index is 0.156. The van der Waals surface area contributed by atoms with E-state index in [1.807, 2.05) is 60.7 Å². The summed E-state index contributed by atoms with van der Waals surface area (Å²) in [4.78, 5) is 12.8. The highest BCUT2D eigenvalue weighted by atomic mass is 16.7. The van der Waals surface area contributed by atoms with Gasteiger partial charge in [0.25, 0.3) is 0 Å². The Balaban J connectivity index is 1.52. The molecule has 1 saturated heterocycles. The van der Waals surface area contributed by atoms with Gasteiger partial charge >= 0.3 is 0 Å². The fourth-order valence-corrected chi connectivity index (χ4v) is 4.69. The highest BCUT2D eigenvalue weighted by Gasteiger charge is 2.47. The summed E-state index contributed by atoms with van der Waals surface area (Å²) >= 11 is 0. The van der Waals surface area contributed by atoms with Crippen molar-refractivity contribution in [3.8, 4) is 0 Å². The molecule has 1 amide bonds. The van der Waals surface area contributed by atoms with E-state index in [0.29, 0.717) is 26.0 Å². The molecule has 4 rings (SSSR count). The van der Waals surface area contributed by atoms with Crippen molar-refractivity contribution in [3.05, 3.63) is 83.9 Å². The highest BCUT2D eigenvalue weighted by Crippen LogP contribution is 2.27. The number of nitrogens with one attached hydrogen (secondary N) is 1. The SMILES string of the molecule is COC[C@H]1O[C@@H](OCCc2ccccc2)[C@H](NC(=O)CCCN)[C@@H](OCc2ccc3ccccc3c2)[C@@H]1O. The van der Waals surface area contributed by atoms with Crippen LogP contribution in [-0.2, 0) is 36.8 Å². The van der Waals surface area contributed by atoms with Gasteiger partial charge in [-0.15, -0.1) is 0 Å². The Morgan fingerprint density at radius 1 is 1.00 bits per heavy atom. The minimum atomic E-state index is -1.04. The molecule has 204 valence electrons. The first-order chi connectivity index (χ1) is 18.6. The third kappa shape index (κ3) is 7.60. The molecule has 0 radical (unpaired) electrons. The normalized spacial score (nSPS) is 23.4. The fraction of sp³-hybridized carbons (Fsp3) is 0.433. The molecular weight excluding hydrogens is 484 g/mol. The van der Waals surface area contributed by atoms with Gasteiger partial charge < -0.3 is 35.1 Å². The number of amides is 1. The van der Waals surface area contributed by atoms with Crippen LogP contribution in [0.3, 0.4) is 0 Å². The van der Waals surface area contributed by atoms with Crippen LogP contribution in [0.2, 0.25) is 0 Å². The van der Waals surface area contributed by atoms with E-state index in [1.165, 1.54) is 0 Å². The third-order valence-corrected chi connectivity index (χ3v) is 6.71. The molecule has 0 spiro atoms. The summed E-state index contributed by atoms with van der Waals surface area (Å²) in [5.74, 6) is -0.197. The Kier molecular flexibility index (Phi) is 10.6. The summed E-state index contributed by atoms with van der Waals surface area (Å²) in [6.07, 6.45) is -1.83. The third-order valence-electron chi connectivity index (χ3n) is 6.71. The van der Waals surface area contributed by atoms with Gasteiger partial charge in [0.05, 0.1) is 19.8 Å². The zero-order chi connectivity index (χ0) is 26.7. The summed E-state index contributed by atoms with van der Waals surface area (Å²) in [5.41, 5.74) is 7.69. The lowest BCUT2D eigenvalue weighted by molar-refractivity contribution is -0.279. The molecule has 0 bridgehead atoms. The van der Waals surface area contributed by atoms with Gasteiger partial charge in [-0.1, -0.05) is 66.7 Å². The Hall–Kier alpha value is -2.85. The van der Waals surface area contributed by atoms with Crippen molar-refractivity contribution in [3.63, 3.8) is 0 Å². The van der Waals surface area contributed by atoms with Crippen LogP contribution < -0.4 is 11.1 Å². The molecule has 1 heterocycles. The number of nitrogens with two attached hydrogens (primary N) is 1. The summed E-state index contributed by atoms with van der Waals surface area (Å²) in [6, 6.07) is 23.5. The van der Waals surface area contributed by atoms with E-state index in [1.54, 1.807) is 7.11 Å². The lowest BCUT2D eigenvalue weighted by atomic mass is 9.96. The van der Waals surface area contributed by atoms with Crippen LogP contribution in [0.4, 0.5) is 0 Å². The Bertz CT molecular complexity index is 1140. The second kappa shape index (κ2) is 14.3. The van der Waals surface area contributed by atoms with Crippen LogP contribution in [0.25, 0.3) is 10.8 Å². The van der Waals surface area contributed by atoms with Crippen molar-refractivity contribution >= 4 is 16.7 Å². The van der Waals surface area contributed by atoms with Crippen LogP contribution in [-0.4, -0.2) is 68.5 Å². The molecule has 0 aliphatic carbocycles. The maximum atomic E-state index is 12.8. The van der Waals surface area contributed by atoms with Crippen molar-refractivity contribution in [1.82, 2.24) is 5.32 Å². The molecule has 8 heteroatoms. The van der Waals surface area contributed by atoms with Crippen LogP contribution in [0.15, 0.2) is 72.8 Å². The van der Waals surface area contributed by atoms with Gasteiger partial charge in [-0.2, -0.15) is 0 Å². The predicted molar refractivity (Wildman–Crippen MR) is 145 cm³/mol. The van der Waals surface area contributed by atoms with Crippen LogP contribution in [0, 0.1) is 0 Å². The number of rotatable bonds is 13.